The standard InChI is InChI=1S/C17H27NO3/c1-5-18(6-2)17(3,13-16(19)20)12-11-14-7-9-15(21-4)10-8-14/h7-10H,5-6,11-13H2,1-4H3,(H,19,20). The van der Waals surface area contributed by atoms with Crippen LogP contribution in [0.5, 0.6) is 5.75 Å². The molecule has 1 unspecified atom stereocenters. The van der Waals surface area contributed by atoms with Crippen LogP contribution in [0.15, 0.2) is 24.3 Å². The molecule has 0 aliphatic rings. The van der Waals surface area contributed by atoms with E-state index in [1.165, 1.54) is 5.56 Å². The highest BCUT2D eigenvalue weighted by atomic mass is 16.5. The summed E-state index contributed by atoms with van der Waals surface area (Å²) in [5.74, 6) is 0.106. The highest BCUT2D eigenvalue weighted by Crippen LogP contribution is 2.26. The van der Waals surface area contributed by atoms with Gasteiger partial charge in [-0.25, -0.2) is 0 Å². The fourth-order valence-electron chi connectivity index (χ4n) is 2.88. The van der Waals surface area contributed by atoms with Crippen molar-refractivity contribution in [2.45, 2.75) is 45.6 Å². The summed E-state index contributed by atoms with van der Waals surface area (Å²) in [6, 6.07) is 7.98. The van der Waals surface area contributed by atoms with Gasteiger partial charge in [-0.05, 0) is 50.6 Å². The molecule has 1 rings (SSSR count). The van der Waals surface area contributed by atoms with Crippen LogP contribution in [0.1, 0.15) is 39.2 Å². The first kappa shape index (κ1) is 17.5. The third kappa shape index (κ3) is 5.05. The van der Waals surface area contributed by atoms with Gasteiger partial charge in [-0.15, -0.1) is 0 Å². The molecule has 1 aromatic rings. The molecule has 0 amide bonds. The van der Waals surface area contributed by atoms with E-state index in [1.54, 1.807) is 7.11 Å². The normalized spacial score (nSPS) is 14.0. The summed E-state index contributed by atoms with van der Waals surface area (Å²) in [6.07, 6.45) is 1.86. The van der Waals surface area contributed by atoms with Crippen molar-refractivity contribution in [2.24, 2.45) is 0 Å². The predicted molar refractivity (Wildman–Crippen MR) is 84.9 cm³/mol. The van der Waals surface area contributed by atoms with E-state index in [0.717, 1.165) is 31.7 Å². The molecule has 0 fully saturated rings. The average molecular weight is 293 g/mol. The van der Waals surface area contributed by atoms with E-state index in [1.807, 2.05) is 24.3 Å². The number of ether oxygens (including phenoxy) is 1. The Morgan fingerprint density at radius 3 is 2.24 bits per heavy atom. The lowest BCUT2D eigenvalue weighted by Crippen LogP contribution is -2.48. The van der Waals surface area contributed by atoms with Gasteiger partial charge in [0.2, 0.25) is 0 Å². The highest BCUT2D eigenvalue weighted by Gasteiger charge is 2.32. The Morgan fingerprint density at radius 1 is 1.24 bits per heavy atom. The average Bonchev–Trinajstić information content (AvgIpc) is 2.46. The Hall–Kier alpha value is -1.55. The van der Waals surface area contributed by atoms with Gasteiger partial charge in [0.15, 0.2) is 0 Å². The molecule has 0 bridgehead atoms. The van der Waals surface area contributed by atoms with Gasteiger partial charge in [0.1, 0.15) is 5.75 Å². The van der Waals surface area contributed by atoms with Crippen LogP contribution in [0, 0.1) is 0 Å². The molecular formula is C17H27NO3. The fraction of sp³-hybridized carbons (Fsp3) is 0.588. The second-order valence-corrected chi connectivity index (χ2v) is 5.59. The number of aryl methyl sites for hydroxylation is 1. The van der Waals surface area contributed by atoms with E-state index in [9.17, 15) is 9.90 Å². The number of hydrogen-bond acceptors (Lipinski definition) is 3. The molecule has 0 saturated carbocycles. The molecule has 4 heteroatoms. The zero-order valence-corrected chi connectivity index (χ0v) is 13.6. The first-order valence-electron chi connectivity index (χ1n) is 7.55. The summed E-state index contributed by atoms with van der Waals surface area (Å²) in [5, 5.41) is 9.21. The van der Waals surface area contributed by atoms with Crippen molar-refractivity contribution in [1.29, 1.82) is 0 Å². The minimum Gasteiger partial charge on any atom is -0.497 e. The number of nitrogens with zero attached hydrogens (tertiary/aromatic N) is 1. The van der Waals surface area contributed by atoms with E-state index in [4.69, 9.17) is 4.74 Å². The molecule has 1 atom stereocenters. The van der Waals surface area contributed by atoms with Crippen molar-refractivity contribution >= 4 is 5.97 Å². The molecule has 118 valence electrons. The van der Waals surface area contributed by atoms with E-state index in [-0.39, 0.29) is 12.0 Å². The van der Waals surface area contributed by atoms with Crippen LogP contribution in [0.3, 0.4) is 0 Å². The lowest BCUT2D eigenvalue weighted by Gasteiger charge is -2.39. The number of carboxylic acids is 1. The number of carboxylic acid groups (broad SMARTS) is 1. The van der Waals surface area contributed by atoms with Crippen LogP contribution in [0.2, 0.25) is 0 Å². The van der Waals surface area contributed by atoms with Crippen molar-refractivity contribution in [3.8, 4) is 5.75 Å². The minimum atomic E-state index is -0.737. The molecule has 0 aliphatic heterocycles. The molecule has 0 saturated heterocycles. The van der Waals surface area contributed by atoms with E-state index < -0.39 is 5.97 Å². The highest BCUT2D eigenvalue weighted by molar-refractivity contribution is 5.68. The topological polar surface area (TPSA) is 49.8 Å². The van der Waals surface area contributed by atoms with Crippen LogP contribution in [0.4, 0.5) is 0 Å². The number of carbonyl (C=O) groups is 1. The Morgan fingerprint density at radius 2 is 1.81 bits per heavy atom. The van der Waals surface area contributed by atoms with Gasteiger partial charge < -0.3 is 9.84 Å². The lowest BCUT2D eigenvalue weighted by molar-refractivity contribution is -0.140. The van der Waals surface area contributed by atoms with Crippen LogP contribution in [-0.2, 0) is 11.2 Å². The lowest BCUT2D eigenvalue weighted by atomic mass is 9.88. The van der Waals surface area contributed by atoms with Crippen molar-refractivity contribution in [1.82, 2.24) is 4.90 Å². The third-order valence-corrected chi connectivity index (χ3v) is 4.17. The Bertz CT molecular complexity index is 440. The first-order chi connectivity index (χ1) is 9.95. The van der Waals surface area contributed by atoms with Gasteiger partial charge in [-0.2, -0.15) is 0 Å². The number of rotatable bonds is 9. The summed E-state index contributed by atoms with van der Waals surface area (Å²) in [6.45, 7) is 7.94. The second kappa shape index (κ2) is 8.03. The SMILES string of the molecule is CCN(CC)C(C)(CCc1ccc(OC)cc1)CC(=O)O. The molecule has 0 radical (unpaired) electrons. The molecule has 0 aliphatic carbocycles. The Balaban J connectivity index is 2.78. The Labute approximate surface area is 127 Å². The monoisotopic (exact) mass is 293 g/mol. The number of hydrogen-bond donors (Lipinski definition) is 1. The first-order valence-corrected chi connectivity index (χ1v) is 7.55. The summed E-state index contributed by atoms with van der Waals surface area (Å²) >= 11 is 0. The Kier molecular flexibility index (Phi) is 6.69. The van der Waals surface area contributed by atoms with E-state index >= 15 is 0 Å². The summed E-state index contributed by atoms with van der Waals surface area (Å²) in [4.78, 5) is 13.4. The molecule has 0 aromatic heterocycles. The van der Waals surface area contributed by atoms with Crippen molar-refractivity contribution in [2.75, 3.05) is 20.2 Å². The van der Waals surface area contributed by atoms with Gasteiger partial charge in [-0.1, -0.05) is 26.0 Å². The van der Waals surface area contributed by atoms with Crippen molar-refractivity contribution in [3.05, 3.63) is 29.8 Å². The number of aliphatic carboxylic acids is 1. The zero-order valence-electron chi connectivity index (χ0n) is 13.6. The molecule has 4 nitrogen and oxygen atoms in total. The van der Waals surface area contributed by atoms with Crippen LogP contribution < -0.4 is 4.74 Å². The van der Waals surface area contributed by atoms with Gasteiger partial charge >= 0.3 is 5.97 Å². The van der Waals surface area contributed by atoms with Crippen molar-refractivity contribution in [3.63, 3.8) is 0 Å². The largest absolute Gasteiger partial charge is 0.497 e. The molecule has 1 aromatic carbocycles. The summed E-state index contributed by atoms with van der Waals surface area (Å²) < 4.78 is 5.15. The molecule has 21 heavy (non-hydrogen) atoms. The van der Waals surface area contributed by atoms with Crippen LogP contribution >= 0.6 is 0 Å². The summed E-state index contributed by atoms with van der Waals surface area (Å²) in [7, 11) is 1.65. The number of methoxy groups -OCH3 is 1. The maximum atomic E-state index is 11.2. The predicted octanol–water partition coefficient (Wildman–Crippen LogP) is 3.20. The summed E-state index contributed by atoms with van der Waals surface area (Å²) in [5.41, 5.74) is 0.898. The minimum absolute atomic E-state index is 0.171. The molecule has 0 heterocycles. The second-order valence-electron chi connectivity index (χ2n) is 5.59. The van der Waals surface area contributed by atoms with Gasteiger partial charge in [-0.3, -0.25) is 9.69 Å². The molecule has 0 spiro atoms. The smallest absolute Gasteiger partial charge is 0.305 e. The van der Waals surface area contributed by atoms with E-state index in [0.29, 0.717) is 0 Å². The molecule has 1 N–H and O–H groups in total. The number of benzene rings is 1. The zero-order chi connectivity index (χ0) is 15.9. The van der Waals surface area contributed by atoms with Gasteiger partial charge in [0, 0.05) is 5.54 Å². The van der Waals surface area contributed by atoms with Crippen LogP contribution in [-0.4, -0.2) is 41.7 Å². The van der Waals surface area contributed by atoms with Crippen LogP contribution in [0.25, 0.3) is 0 Å². The maximum Gasteiger partial charge on any atom is 0.305 e. The maximum absolute atomic E-state index is 11.2. The molecular weight excluding hydrogens is 266 g/mol. The third-order valence-electron chi connectivity index (χ3n) is 4.17. The van der Waals surface area contributed by atoms with Gasteiger partial charge in [0.25, 0.3) is 0 Å². The van der Waals surface area contributed by atoms with E-state index in [2.05, 4.69) is 25.7 Å². The quantitative estimate of drug-likeness (QED) is 0.759. The van der Waals surface area contributed by atoms with Gasteiger partial charge in [0.05, 0.1) is 13.5 Å². The fourth-order valence-corrected chi connectivity index (χ4v) is 2.88. The van der Waals surface area contributed by atoms with Crippen molar-refractivity contribution < 1.29 is 14.6 Å².